The van der Waals surface area contributed by atoms with Gasteiger partial charge in [0.05, 0.1) is 0 Å². The summed E-state index contributed by atoms with van der Waals surface area (Å²) in [5, 5.41) is 1.95. The summed E-state index contributed by atoms with van der Waals surface area (Å²) in [6.45, 7) is 0. The highest BCUT2D eigenvalue weighted by Crippen LogP contribution is 2.26. The van der Waals surface area contributed by atoms with E-state index < -0.39 is 0 Å². The number of hydrogen-bond donors (Lipinski definition) is 0. The molecule has 0 saturated heterocycles. The van der Waals surface area contributed by atoms with E-state index in [1.165, 1.54) is 43.4 Å². The minimum Gasteiger partial charge on any atom is -0.327 e. The normalized spacial score (nSPS) is 18.9. The minimum absolute atomic E-state index is 0.0463. The number of nitrogens with zero attached hydrogens (tertiary/aromatic N) is 2. The first kappa shape index (κ1) is 11.6. The molecule has 0 unspecified atom stereocenters. The van der Waals surface area contributed by atoms with Gasteiger partial charge in [0.15, 0.2) is 4.80 Å². The summed E-state index contributed by atoms with van der Waals surface area (Å²) in [5.74, 6) is 0.625. The summed E-state index contributed by atoms with van der Waals surface area (Å²) in [7, 11) is 1.92. The Kier molecular flexibility index (Phi) is 3.93. The van der Waals surface area contributed by atoms with Crippen molar-refractivity contribution in [2.24, 2.45) is 18.0 Å². The molecule has 0 radical (unpaired) electrons. The van der Waals surface area contributed by atoms with Gasteiger partial charge in [-0.3, -0.25) is 4.79 Å². The molecule has 1 fully saturated rings. The summed E-state index contributed by atoms with van der Waals surface area (Å²) in [6.07, 6.45) is 8.88. The van der Waals surface area contributed by atoms with Crippen molar-refractivity contribution in [2.45, 2.75) is 38.5 Å². The summed E-state index contributed by atoms with van der Waals surface area (Å²) in [6, 6.07) is 0. The average molecular weight is 238 g/mol. The van der Waals surface area contributed by atoms with Crippen LogP contribution in [0.25, 0.3) is 0 Å². The summed E-state index contributed by atoms with van der Waals surface area (Å²) in [5.41, 5.74) is 0. The second kappa shape index (κ2) is 5.43. The van der Waals surface area contributed by atoms with E-state index in [0.717, 1.165) is 4.80 Å². The van der Waals surface area contributed by atoms with Gasteiger partial charge in [-0.15, -0.1) is 11.3 Å². The van der Waals surface area contributed by atoms with Crippen molar-refractivity contribution in [3.8, 4) is 0 Å². The molecule has 0 spiro atoms. The number of rotatable bonds is 2. The largest absolute Gasteiger partial charge is 0.327 e. The van der Waals surface area contributed by atoms with Gasteiger partial charge in [0.25, 0.3) is 0 Å². The number of aromatic nitrogens is 1. The van der Waals surface area contributed by atoms with E-state index >= 15 is 0 Å². The number of carbonyl (C=O) groups excluding carboxylic acids is 1. The van der Waals surface area contributed by atoms with Crippen LogP contribution in [0.5, 0.6) is 0 Å². The van der Waals surface area contributed by atoms with Crippen molar-refractivity contribution in [3.63, 3.8) is 0 Å². The molecule has 1 saturated carbocycles. The molecule has 0 N–H and O–H groups in total. The molecular weight excluding hydrogens is 220 g/mol. The molecule has 1 aromatic heterocycles. The molecule has 0 aliphatic heterocycles. The fourth-order valence-corrected chi connectivity index (χ4v) is 2.97. The summed E-state index contributed by atoms with van der Waals surface area (Å²) in [4.78, 5) is 16.7. The van der Waals surface area contributed by atoms with E-state index in [9.17, 15) is 4.79 Å². The van der Waals surface area contributed by atoms with E-state index in [1.807, 2.05) is 23.2 Å². The molecule has 0 bridgehead atoms. The Labute approximate surface area is 99.8 Å². The van der Waals surface area contributed by atoms with Crippen molar-refractivity contribution >= 4 is 17.2 Å². The zero-order chi connectivity index (χ0) is 11.4. The molecule has 2 rings (SSSR count). The molecule has 1 aromatic rings. The third kappa shape index (κ3) is 3.04. The van der Waals surface area contributed by atoms with Gasteiger partial charge in [0, 0.05) is 25.0 Å². The lowest BCUT2D eigenvalue weighted by Gasteiger charge is -2.19. The van der Waals surface area contributed by atoms with Crippen LogP contribution >= 0.6 is 11.3 Å². The number of amides is 1. The zero-order valence-electron chi connectivity index (χ0n) is 9.69. The Bertz CT molecular complexity index is 413. The van der Waals surface area contributed by atoms with E-state index in [4.69, 9.17) is 0 Å². The van der Waals surface area contributed by atoms with Gasteiger partial charge in [0.2, 0.25) is 5.91 Å². The molecule has 88 valence electrons. The fraction of sp³-hybridized carbons (Fsp3) is 0.667. The standard InChI is InChI=1S/C12H18N2OS/c1-14-7-8-16-12(14)13-11(15)9-10-5-3-2-4-6-10/h7-8,10H,2-6,9H2,1H3. The van der Waals surface area contributed by atoms with Crippen LogP contribution in [0.1, 0.15) is 38.5 Å². The maximum atomic E-state index is 11.8. The third-order valence-corrected chi connectivity index (χ3v) is 4.02. The Balaban J connectivity index is 1.96. The first-order chi connectivity index (χ1) is 7.75. The van der Waals surface area contributed by atoms with E-state index in [2.05, 4.69) is 4.99 Å². The van der Waals surface area contributed by atoms with Gasteiger partial charge in [0.1, 0.15) is 0 Å². The smallest absolute Gasteiger partial charge is 0.248 e. The molecule has 1 aliphatic carbocycles. The van der Waals surface area contributed by atoms with Gasteiger partial charge < -0.3 is 4.57 Å². The maximum Gasteiger partial charge on any atom is 0.248 e. The number of aryl methyl sites for hydroxylation is 1. The van der Waals surface area contributed by atoms with Crippen LogP contribution in [0, 0.1) is 5.92 Å². The van der Waals surface area contributed by atoms with Crippen LogP contribution < -0.4 is 4.80 Å². The van der Waals surface area contributed by atoms with Crippen molar-refractivity contribution in [1.82, 2.24) is 4.57 Å². The number of hydrogen-bond acceptors (Lipinski definition) is 2. The monoisotopic (exact) mass is 238 g/mol. The molecule has 1 heterocycles. The van der Waals surface area contributed by atoms with Gasteiger partial charge in [-0.05, 0) is 18.8 Å². The highest BCUT2D eigenvalue weighted by Gasteiger charge is 2.16. The molecule has 0 atom stereocenters. The van der Waals surface area contributed by atoms with Crippen LogP contribution in [0.2, 0.25) is 0 Å². The topological polar surface area (TPSA) is 34.4 Å². The van der Waals surface area contributed by atoms with Gasteiger partial charge in [-0.25, -0.2) is 0 Å². The second-order valence-electron chi connectivity index (χ2n) is 4.51. The summed E-state index contributed by atoms with van der Waals surface area (Å²) >= 11 is 1.52. The molecular formula is C12H18N2OS. The highest BCUT2D eigenvalue weighted by molar-refractivity contribution is 7.07. The lowest BCUT2D eigenvalue weighted by Crippen LogP contribution is -2.16. The van der Waals surface area contributed by atoms with Gasteiger partial charge in [-0.1, -0.05) is 19.3 Å². The van der Waals surface area contributed by atoms with Crippen molar-refractivity contribution in [2.75, 3.05) is 0 Å². The van der Waals surface area contributed by atoms with Crippen LogP contribution in [-0.2, 0) is 11.8 Å². The molecule has 4 heteroatoms. The first-order valence-electron chi connectivity index (χ1n) is 5.93. The minimum atomic E-state index is 0.0463. The Hall–Kier alpha value is -0.900. The van der Waals surface area contributed by atoms with Crippen LogP contribution in [-0.4, -0.2) is 10.5 Å². The Morgan fingerprint density at radius 1 is 1.50 bits per heavy atom. The van der Waals surface area contributed by atoms with E-state index in [-0.39, 0.29) is 5.91 Å². The van der Waals surface area contributed by atoms with Crippen LogP contribution in [0.4, 0.5) is 0 Å². The maximum absolute atomic E-state index is 11.8. The average Bonchev–Trinajstić information content (AvgIpc) is 2.66. The van der Waals surface area contributed by atoms with Crippen molar-refractivity contribution in [1.29, 1.82) is 0 Å². The first-order valence-corrected chi connectivity index (χ1v) is 6.81. The quantitative estimate of drug-likeness (QED) is 0.779. The van der Waals surface area contributed by atoms with E-state index in [1.54, 1.807) is 0 Å². The van der Waals surface area contributed by atoms with Crippen LogP contribution in [0.3, 0.4) is 0 Å². The van der Waals surface area contributed by atoms with E-state index in [0.29, 0.717) is 12.3 Å². The predicted molar refractivity (Wildman–Crippen MR) is 65.1 cm³/mol. The Morgan fingerprint density at radius 3 is 2.88 bits per heavy atom. The van der Waals surface area contributed by atoms with Crippen molar-refractivity contribution < 1.29 is 4.79 Å². The van der Waals surface area contributed by atoms with Crippen LogP contribution in [0.15, 0.2) is 16.6 Å². The number of thiazole rings is 1. The fourth-order valence-electron chi connectivity index (χ4n) is 2.23. The zero-order valence-corrected chi connectivity index (χ0v) is 10.5. The molecule has 3 nitrogen and oxygen atoms in total. The molecule has 1 amide bonds. The second-order valence-corrected chi connectivity index (χ2v) is 5.38. The van der Waals surface area contributed by atoms with Gasteiger partial charge in [-0.2, -0.15) is 4.99 Å². The van der Waals surface area contributed by atoms with Crippen molar-refractivity contribution in [3.05, 3.63) is 16.4 Å². The predicted octanol–water partition coefficient (Wildman–Crippen LogP) is 2.48. The summed E-state index contributed by atoms with van der Waals surface area (Å²) < 4.78 is 1.89. The SMILES string of the molecule is Cn1ccsc1=NC(=O)CC1CCCCC1. The molecule has 16 heavy (non-hydrogen) atoms. The highest BCUT2D eigenvalue weighted by atomic mass is 32.1. The molecule has 0 aromatic carbocycles. The lowest BCUT2D eigenvalue weighted by atomic mass is 9.87. The molecule has 1 aliphatic rings. The Morgan fingerprint density at radius 2 is 2.25 bits per heavy atom. The number of carbonyl (C=O) groups is 1. The lowest BCUT2D eigenvalue weighted by molar-refractivity contribution is -0.119. The van der Waals surface area contributed by atoms with Gasteiger partial charge >= 0.3 is 0 Å². The third-order valence-electron chi connectivity index (χ3n) is 3.17.